The van der Waals surface area contributed by atoms with Crippen LogP contribution < -0.4 is 4.90 Å². The van der Waals surface area contributed by atoms with E-state index in [2.05, 4.69) is 14.9 Å². The number of ether oxygens (including phenoxy) is 1. The molecule has 0 saturated carbocycles. The van der Waals surface area contributed by atoms with Crippen LogP contribution in [-0.2, 0) is 22.3 Å². The van der Waals surface area contributed by atoms with Crippen molar-refractivity contribution < 1.29 is 14.1 Å². The highest BCUT2D eigenvalue weighted by molar-refractivity contribution is 7.90. The van der Waals surface area contributed by atoms with Gasteiger partial charge >= 0.3 is 11.1 Å². The third kappa shape index (κ3) is 4.71. The van der Waals surface area contributed by atoms with Crippen molar-refractivity contribution in [2.45, 2.75) is 30.8 Å². The lowest BCUT2D eigenvalue weighted by Crippen LogP contribution is -2.31. The van der Waals surface area contributed by atoms with Gasteiger partial charge in [0.15, 0.2) is 5.82 Å². The molecule has 1 saturated heterocycles. The van der Waals surface area contributed by atoms with Crippen molar-refractivity contribution in [3.05, 3.63) is 53.9 Å². The van der Waals surface area contributed by atoms with Crippen LogP contribution in [0.15, 0.2) is 47.8 Å². The van der Waals surface area contributed by atoms with E-state index >= 15 is 0 Å². The van der Waals surface area contributed by atoms with Crippen LogP contribution >= 0.6 is 0 Å². The molecule has 1 unspecified atom stereocenters. The van der Waals surface area contributed by atoms with Crippen LogP contribution in [0.5, 0.6) is 0 Å². The quantitative estimate of drug-likeness (QED) is 0.341. The van der Waals surface area contributed by atoms with E-state index in [0.717, 1.165) is 48.3 Å². The van der Waals surface area contributed by atoms with Crippen LogP contribution in [0.3, 0.4) is 0 Å². The summed E-state index contributed by atoms with van der Waals surface area (Å²) in [6.07, 6.45) is 7.21. The van der Waals surface area contributed by atoms with Gasteiger partial charge < -0.3 is 14.2 Å². The fourth-order valence-electron chi connectivity index (χ4n) is 3.56. The van der Waals surface area contributed by atoms with Crippen LogP contribution in [0.4, 0.5) is 5.82 Å². The maximum atomic E-state index is 12.2. The summed E-state index contributed by atoms with van der Waals surface area (Å²) in [4.78, 5) is 28.0. The van der Waals surface area contributed by atoms with Crippen LogP contribution in [0, 0.1) is 0 Å². The minimum absolute atomic E-state index is 0.240. The first-order valence-electron chi connectivity index (χ1n) is 10.1. The topological polar surface area (TPSA) is 91.3 Å². The Hall–Kier alpha value is -2.71. The van der Waals surface area contributed by atoms with Crippen LogP contribution in [0.1, 0.15) is 35.3 Å². The highest BCUT2D eigenvalue weighted by atomic mass is 32.2. The number of hydrogen-bond donors (Lipinski definition) is 0. The molecule has 8 heteroatoms. The Morgan fingerprint density at radius 1 is 1.17 bits per heavy atom. The number of hydrogen-bond acceptors (Lipinski definition) is 7. The average Bonchev–Trinajstić information content (AvgIpc) is 2.79. The lowest BCUT2D eigenvalue weighted by atomic mass is 10.1. The highest BCUT2D eigenvalue weighted by Crippen LogP contribution is 2.27. The van der Waals surface area contributed by atoms with E-state index < -0.39 is 11.2 Å². The molecule has 3 aromatic rings. The number of carbonyl (C=O) groups excluding carboxylic acids is 1. The molecular weight excluding hydrogens is 400 g/mol. The van der Waals surface area contributed by atoms with Gasteiger partial charge in [-0.25, -0.2) is 9.78 Å². The summed E-state index contributed by atoms with van der Waals surface area (Å²) >= 11 is -1.26. The first kappa shape index (κ1) is 20.6. The molecule has 0 amide bonds. The summed E-state index contributed by atoms with van der Waals surface area (Å²) in [6.45, 7) is 2.08. The van der Waals surface area contributed by atoms with Crippen molar-refractivity contribution in [2.24, 2.45) is 0 Å². The lowest BCUT2D eigenvalue weighted by Gasteiger charge is -2.28. The molecule has 1 atom stereocenters. The van der Waals surface area contributed by atoms with Crippen molar-refractivity contribution in [3.8, 4) is 0 Å². The Kier molecular flexibility index (Phi) is 6.44. The van der Waals surface area contributed by atoms with Crippen LogP contribution in [-0.4, -0.2) is 51.4 Å². The first-order valence-corrected chi connectivity index (χ1v) is 11.6. The van der Waals surface area contributed by atoms with Crippen molar-refractivity contribution in [1.82, 2.24) is 15.0 Å². The molecule has 1 aliphatic heterocycles. The fourth-order valence-corrected chi connectivity index (χ4v) is 3.98. The van der Waals surface area contributed by atoms with Crippen molar-refractivity contribution >= 4 is 33.9 Å². The summed E-state index contributed by atoms with van der Waals surface area (Å²) < 4.78 is 17.3. The third-order valence-electron chi connectivity index (χ3n) is 5.09. The number of pyridine rings is 1. The van der Waals surface area contributed by atoms with Gasteiger partial charge in [-0.3, -0.25) is 0 Å². The largest absolute Gasteiger partial charge is 0.609 e. The van der Waals surface area contributed by atoms with Gasteiger partial charge in [-0.2, -0.15) is 9.97 Å². The van der Waals surface area contributed by atoms with Crippen molar-refractivity contribution in [2.75, 3.05) is 30.9 Å². The lowest BCUT2D eigenvalue weighted by molar-refractivity contribution is 0.0508. The minimum atomic E-state index is -1.26. The zero-order chi connectivity index (χ0) is 20.9. The third-order valence-corrected chi connectivity index (χ3v) is 5.80. The zero-order valence-electron chi connectivity index (χ0n) is 16.9. The van der Waals surface area contributed by atoms with Gasteiger partial charge in [0.2, 0.25) is 0 Å². The predicted octanol–water partition coefficient (Wildman–Crippen LogP) is 3.15. The molecule has 7 nitrogen and oxygen atoms in total. The molecule has 0 spiro atoms. The number of benzene rings is 1. The second kappa shape index (κ2) is 9.40. The molecule has 1 fully saturated rings. The summed E-state index contributed by atoms with van der Waals surface area (Å²) in [5, 5.41) is 1.16. The van der Waals surface area contributed by atoms with Gasteiger partial charge in [0.05, 0.1) is 12.2 Å². The number of piperidine rings is 1. The predicted molar refractivity (Wildman–Crippen MR) is 116 cm³/mol. The van der Waals surface area contributed by atoms with Crippen LogP contribution in [0.2, 0.25) is 0 Å². The number of aromatic nitrogens is 3. The van der Waals surface area contributed by atoms with Crippen LogP contribution in [0.25, 0.3) is 10.9 Å². The second-order valence-electron chi connectivity index (χ2n) is 7.28. The fraction of sp³-hybridized carbons (Fsp3) is 0.364. The van der Waals surface area contributed by atoms with Gasteiger partial charge in [-0.15, -0.1) is 0 Å². The molecule has 3 heterocycles. The van der Waals surface area contributed by atoms with E-state index in [1.165, 1.54) is 6.42 Å². The van der Waals surface area contributed by atoms with E-state index in [4.69, 9.17) is 9.72 Å². The average molecular weight is 425 g/mol. The molecule has 0 N–H and O–H groups in total. The summed E-state index contributed by atoms with van der Waals surface area (Å²) in [5.41, 5.74) is 2.08. The van der Waals surface area contributed by atoms with Gasteiger partial charge in [0, 0.05) is 48.0 Å². The Morgan fingerprint density at radius 3 is 2.67 bits per heavy atom. The second-order valence-corrected chi connectivity index (χ2v) is 8.55. The van der Waals surface area contributed by atoms with E-state index in [9.17, 15) is 9.35 Å². The molecule has 1 aromatic carbocycles. The number of fused-ring (bicyclic) bond motifs is 1. The zero-order valence-corrected chi connectivity index (χ0v) is 17.7. The number of rotatable bonds is 6. The smallest absolute Gasteiger partial charge is 0.343 e. The Morgan fingerprint density at radius 2 is 1.93 bits per heavy atom. The monoisotopic (exact) mass is 424 g/mol. The summed E-state index contributed by atoms with van der Waals surface area (Å²) in [7, 11) is 0. The number of carbonyl (C=O) groups is 1. The van der Waals surface area contributed by atoms with Gasteiger partial charge in [0.1, 0.15) is 11.8 Å². The Labute approximate surface area is 178 Å². The van der Waals surface area contributed by atoms with E-state index in [1.54, 1.807) is 24.6 Å². The van der Waals surface area contributed by atoms with Gasteiger partial charge in [-0.05, 0) is 37.5 Å². The van der Waals surface area contributed by atoms with E-state index in [1.807, 2.05) is 24.3 Å². The summed E-state index contributed by atoms with van der Waals surface area (Å²) in [6, 6.07) is 10.9. The molecule has 0 aliphatic carbocycles. The first-order chi connectivity index (χ1) is 14.6. The minimum Gasteiger partial charge on any atom is -0.609 e. The number of anilines is 1. The molecule has 0 radical (unpaired) electrons. The van der Waals surface area contributed by atoms with Crippen molar-refractivity contribution in [1.29, 1.82) is 0 Å². The Bertz CT molecular complexity index is 1020. The summed E-state index contributed by atoms with van der Waals surface area (Å²) in [5.74, 6) is 0.455. The number of nitrogens with zero attached hydrogens (tertiary/aromatic N) is 4. The van der Waals surface area contributed by atoms with E-state index in [-0.39, 0.29) is 12.6 Å². The molecule has 2 aromatic heterocycles. The maximum Gasteiger partial charge on any atom is 0.343 e. The maximum absolute atomic E-state index is 12.2. The number of esters is 1. The van der Waals surface area contributed by atoms with Crippen molar-refractivity contribution in [3.63, 3.8) is 0 Å². The van der Waals surface area contributed by atoms with E-state index in [0.29, 0.717) is 17.1 Å². The molecule has 156 valence electrons. The normalized spacial score (nSPS) is 15.2. The van der Waals surface area contributed by atoms with Gasteiger partial charge in [-0.1, -0.05) is 18.2 Å². The molecule has 30 heavy (non-hydrogen) atoms. The SMILES string of the molecule is C[S+]([O-])c1ncc2cc(CCOC(=O)c3ccccc3)nc(N3CCCCC3)c2n1. The highest BCUT2D eigenvalue weighted by Gasteiger charge is 2.20. The van der Waals surface area contributed by atoms with Gasteiger partial charge in [0.25, 0.3) is 0 Å². The molecule has 4 rings (SSSR count). The molecule has 0 bridgehead atoms. The standard InChI is InChI=1S/C22H24N4O3S/c1-30(28)22-23-15-17-14-18(10-13-29-21(27)16-8-4-2-5-9-16)24-20(19(17)25-22)26-11-6-3-7-12-26/h2,4-5,8-9,14-15H,3,6-7,10-13H2,1H3. The Balaban J connectivity index is 1.57. The molecule has 1 aliphatic rings. The molecular formula is C22H24N4O3S.